The molecule has 162 valence electrons. The second-order valence-corrected chi connectivity index (χ2v) is 9.12. The Balaban J connectivity index is 1.30. The van der Waals surface area contributed by atoms with Crippen LogP contribution in [0.5, 0.6) is 5.75 Å². The molecule has 7 heteroatoms. The molecule has 5 rings (SSSR count). The predicted molar refractivity (Wildman–Crippen MR) is 111 cm³/mol. The van der Waals surface area contributed by atoms with Gasteiger partial charge in [0.1, 0.15) is 18.1 Å². The molecule has 0 bridgehead atoms. The lowest BCUT2D eigenvalue weighted by molar-refractivity contribution is -0.129. The summed E-state index contributed by atoms with van der Waals surface area (Å²) in [6.45, 7) is 2.81. The van der Waals surface area contributed by atoms with E-state index in [9.17, 15) is 14.7 Å². The van der Waals surface area contributed by atoms with E-state index in [-0.39, 0.29) is 24.0 Å². The van der Waals surface area contributed by atoms with Crippen LogP contribution in [0, 0.1) is 0 Å². The molecule has 30 heavy (non-hydrogen) atoms. The van der Waals surface area contributed by atoms with Crippen molar-refractivity contribution in [3.05, 3.63) is 29.3 Å². The average Bonchev–Trinajstić information content (AvgIpc) is 3.37. The van der Waals surface area contributed by atoms with Crippen molar-refractivity contribution in [1.82, 2.24) is 15.1 Å². The minimum atomic E-state index is -1.01. The second kappa shape index (κ2) is 8.19. The van der Waals surface area contributed by atoms with Crippen molar-refractivity contribution in [3.8, 4) is 5.75 Å². The Kier molecular flexibility index (Phi) is 5.41. The van der Waals surface area contributed by atoms with E-state index in [4.69, 9.17) is 4.74 Å². The van der Waals surface area contributed by atoms with Gasteiger partial charge in [0.05, 0.1) is 6.04 Å². The van der Waals surface area contributed by atoms with Gasteiger partial charge in [-0.15, -0.1) is 0 Å². The third kappa shape index (κ3) is 3.69. The predicted octanol–water partition coefficient (Wildman–Crippen LogP) is 2.03. The lowest BCUT2D eigenvalue weighted by Crippen LogP contribution is -2.55. The minimum Gasteiger partial charge on any atom is -0.489 e. The molecule has 3 heterocycles. The molecule has 7 nitrogen and oxygen atoms in total. The number of nitrogens with zero attached hydrogens (tertiary/aromatic N) is 2. The minimum absolute atomic E-state index is 0.0793. The Morgan fingerprint density at radius 3 is 2.60 bits per heavy atom. The fourth-order valence-electron chi connectivity index (χ4n) is 5.64. The molecular formula is C23H31N3O4. The molecule has 0 spiro atoms. The summed E-state index contributed by atoms with van der Waals surface area (Å²) in [5.41, 5.74) is 1.61. The van der Waals surface area contributed by atoms with E-state index < -0.39 is 6.23 Å². The number of hydrogen-bond donors (Lipinski definition) is 2. The van der Waals surface area contributed by atoms with Crippen LogP contribution in [0.3, 0.4) is 0 Å². The summed E-state index contributed by atoms with van der Waals surface area (Å²) < 4.78 is 6.48. The van der Waals surface area contributed by atoms with E-state index in [0.29, 0.717) is 31.0 Å². The van der Waals surface area contributed by atoms with Crippen LogP contribution in [0.4, 0.5) is 0 Å². The van der Waals surface area contributed by atoms with Crippen molar-refractivity contribution in [2.24, 2.45) is 0 Å². The average molecular weight is 414 g/mol. The Bertz CT molecular complexity index is 823. The highest BCUT2D eigenvalue weighted by Gasteiger charge is 2.39. The van der Waals surface area contributed by atoms with E-state index in [1.54, 1.807) is 4.90 Å². The number of benzene rings is 1. The van der Waals surface area contributed by atoms with Crippen LogP contribution < -0.4 is 10.1 Å². The van der Waals surface area contributed by atoms with Gasteiger partial charge < -0.3 is 20.1 Å². The van der Waals surface area contributed by atoms with Gasteiger partial charge >= 0.3 is 0 Å². The molecule has 1 aromatic rings. The van der Waals surface area contributed by atoms with Gasteiger partial charge in [0, 0.05) is 24.6 Å². The maximum atomic E-state index is 12.9. The van der Waals surface area contributed by atoms with Gasteiger partial charge in [-0.3, -0.25) is 14.5 Å². The van der Waals surface area contributed by atoms with Crippen LogP contribution in [-0.2, 0) is 11.3 Å². The lowest BCUT2D eigenvalue weighted by atomic mass is 9.91. The first-order valence-corrected chi connectivity index (χ1v) is 11.4. The zero-order valence-corrected chi connectivity index (χ0v) is 17.4. The van der Waals surface area contributed by atoms with E-state index in [0.717, 1.165) is 17.7 Å². The number of carbonyl (C=O) groups is 2. The molecule has 0 aromatic heterocycles. The molecule has 2 unspecified atom stereocenters. The highest BCUT2D eigenvalue weighted by atomic mass is 16.5. The number of piperidine rings is 1. The summed E-state index contributed by atoms with van der Waals surface area (Å²) in [7, 11) is 0. The quantitative estimate of drug-likeness (QED) is 0.789. The van der Waals surface area contributed by atoms with Crippen molar-refractivity contribution in [2.45, 2.75) is 82.3 Å². The van der Waals surface area contributed by atoms with Crippen LogP contribution in [0.1, 0.15) is 67.3 Å². The summed E-state index contributed by atoms with van der Waals surface area (Å²) >= 11 is 0. The number of aliphatic hydroxyl groups is 1. The maximum absolute atomic E-state index is 12.9. The first kappa shape index (κ1) is 19.8. The molecule has 3 fully saturated rings. The zero-order valence-electron chi connectivity index (χ0n) is 17.4. The summed E-state index contributed by atoms with van der Waals surface area (Å²) in [5, 5.41) is 12.8. The number of ether oxygens (including phenoxy) is 1. The maximum Gasteiger partial charge on any atom is 0.254 e. The molecule has 1 saturated carbocycles. The summed E-state index contributed by atoms with van der Waals surface area (Å²) in [6.07, 6.45) is 7.34. The Hall–Kier alpha value is -2.12. The largest absolute Gasteiger partial charge is 0.489 e. The third-order valence-electron chi connectivity index (χ3n) is 7.21. The highest BCUT2D eigenvalue weighted by molar-refractivity contribution is 5.99. The second-order valence-electron chi connectivity index (χ2n) is 9.12. The molecule has 4 atom stereocenters. The SMILES string of the molecule is O=C1CCC(N2Cc3cc(O[C@H]4CCCC[C@@H]4N4CCCC4)ccc3C2=O)C(O)N1. The number of aliphatic hydroxyl groups excluding tert-OH is 1. The van der Waals surface area contributed by atoms with Crippen molar-refractivity contribution in [1.29, 1.82) is 0 Å². The number of likely N-dealkylation sites (tertiary alicyclic amines) is 1. The molecule has 1 aliphatic carbocycles. The van der Waals surface area contributed by atoms with Crippen LogP contribution in [0.2, 0.25) is 0 Å². The van der Waals surface area contributed by atoms with Gasteiger partial charge in [-0.05, 0) is 75.4 Å². The molecule has 0 radical (unpaired) electrons. The lowest BCUT2D eigenvalue weighted by Gasteiger charge is -2.37. The Labute approximate surface area is 177 Å². The van der Waals surface area contributed by atoms with Gasteiger partial charge in [0.25, 0.3) is 5.91 Å². The van der Waals surface area contributed by atoms with Crippen molar-refractivity contribution < 1.29 is 19.4 Å². The van der Waals surface area contributed by atoms with Crippen molar-refractivity contribution >= 4 is 11.8 Å². The standard InChI is InChI=1S/C23H31N3O4/c27-21-10-9-19(22(28)24-21)26-14-15-13-16(7-8-17(15)23(26)29)30-20-6-2-1-5-18(20)25-11-3-4-12-25/h7-8,13,18-20,22,28H,1-6,9-12,14H2,(H,24,27)/t18-,19?,20-,22?/m0/s1. The molecule has 3 aliphatic heterocycles. The van der Waals surface area contributed by atoms with Gasteiger partial charge in [0.2, 0.25) is 5.91 Å². The number of rotatable bonds is 4. The Morgan fingerprint density at radius 1 is 1.00 bits per heavy atom. The number of nitrogens with one attached hydrogen (secondary N) is 1. The fraction of sp³-hybridized carbons (Fsp3) is 0.652. The normalized spacial score (nSPS) is 32.2. The van der Waals surface area contributed by atoms with Crippen LogP contribution in [-0.4, -0.2) is 64.2 Å². The first-order valence-electron chi connectivity index (χ1n) is 11.4. The van der Waals surface area contributed by atoms with E-state index in [1.807, 2.05) is 18.2 Å². The van der Waals surface area contributed by atoms with Crippen molar-refractivity contribution in [3.63, 3.8) is 0 Å². The van der Waals surface area contributed by atoms with Crippen LogP contribution in [0.25, 0.3) is 0 Å². The van der Waals surface area contributed by atoms with E-state index >= 15 is 0 Å². The van der Waals surface area contributed by atoms with Crippen LogP contribution >= 0.6 is 0 Å². The van der Waals surface area contributed by atoms with Gasteiger partial charge in [0.15, 0.2) is 0 Å². The molecule has 2 saturated heterocycles. The smallest absolute Gasteiger partial charge is 0.254 e. The number of carbonyl (C=O) groups excluding carboxylic acids is 2. The fourth-order valence-corrected chi connectivity index (χ4v) is 5.64. The summed E-state index contributed by atoms with van der Waals surface area (Å²) in [4.78, 5) is 28.7. The Morgan fingerprint density at radius 2 is 1.80 bits per heavy atom. The molecule has 1 aromatic carbocycles. The van der Waals surface area contributed by atoms with Crippen molar-refractivity contribution in [2.75, 3.05) is 13.1 Å². The first-order chi connectivity index (χ1) is 14.6. The highest BCUT2D eigenvalue weighted by Crippen LogP contribution is 2.33. The monoisotopic (exact) mass is 413 g/mol. The number of fused-ring (bicyclic) bond motifs is 1. The molecule has 4 aliphatic rings. The molecule has 2 N–H and O–H groups in total. The van der Waals surface area contributed by atoms with E-state index in [1.165, 1.54) is 45.2 Å². The zero-order chi connectivity index (χ0) is 20.7. The van der Waals surface area contributed by atoms with Crippen LogP contribution in [0.15, 0.2) is 18.2 Å². The topological polar surface area (TPSA) is 82.1 Å². The van der Waals surface area contributed by atoms with E-state index in [2.05, 4.69) is 10.2 Å². The summed E-state index contributed by atoms with van der Waals surface area (Å²) in [5.74, 6) is 0.583. The number of hydrogen-bond acceptors (Lipinski definition) is 5. The third-order valence-corrected chi connectivity index (χ3v) is 7.21. The molecule has 2 amide bonds. The van der Waals surface area contributed by atoms with Gasteiger partial charge in [-0.2, -0.15) is 0 Å². The van der Waals surface area contributed by atoms with Gasteiger partial charge in [-0.25, -0.2) is 0 Å². The van der Waals surface area contributed by atoms with Gasteiger partial charge in [-0.1, -0.05) is 6.42 Å². The number of amides is 2. The molecular weight excluding hydrogens is 382 g/mol. The summed E-state index contributed by atoms with van der Waals surface area (Å²) in [6, 6.07) is 5.87.